The second-order valence-corrected chi connectivity index (χ2v) is 5.59. The van der Waals surface area contributed by atoms with Gasteiger partial charge in [-0.05, 0) is 44.0 Å². The zero-order valence-electron chi connectivity index (χ0n) is 12.2. The zero-order valence-corrected chi connectivity index (χ0v) is 12.2. The second kappa shape index (κ2) is 7.30. The number of aliphatic hydroxyl groups is 1. The standard InChI is InChI=1S/C15H21F3N2O2/c16-15(17,18)22-13-5-2-1-4-12(13)6-9-20-11-14(21)7-3-8-19-10-14/h1-2,4-5,19-21H,3,6-11H2. The van der Waals surface area contributed by atoms with Crippen molar-refractivity contribution in [3.63, 3.8) is 0 Å². The molecule has 7 heteroatoms. The molecule has 0 radical (unpaired) electrons. The number of hydrogen-bond acceptors (Lipinski definition) is 4. The fourth-order valence-corrected chi connectivity index (χ4v) is 2.58. The molecule has 0 saturated carbocycles. The molecule has 1 fully saturated rings. The molecule has 1 aromatic carbocycles. The smallest absolute Gasteiger partial charge is 0.406 e. The lowest BCUT2D eigenvalue weighted by Gasteiger charge is -2.32. The normalized spacial score (nSPS) is 22.5. The van der Waals surface area contributed by atoms with Crippen LogP contribution in [-0.4, -0.2) is 43.2 Å². The lowest BCUT2D eigenvalue weighted by Crippen LogP contribution is -2.52. The molecule has 124 valence electrons. The Bertz CT molecular complexity index is 474. The van der Waals surface area contributed by atoms with Gasteiger partial charge in [-0.1, -0.05) is 18.2 Å². The summed E-state index contributed by atoms with van der Waals surface area (Å²) in [6.45, 7) is 2.33. The van der Waals surface area contributed by atoms with Crippen LogP contribution in [0.4, 0.5) is 13.2 Å². The summed E-state index contributed by atoms with van der Waals surface area (Å²) in [6.07, 6.45) is -2.65. The first-order chi connectivity index (χ1) is 10.4. The topological polar surface area (TPSA) is 53.5 Å². The van der Waals surface area contributed by atoms with Gasteiger partial charge in [-0.25, -0.2) is 0 Å². The summed E-state index contributed by atoms with van der Waals surface area (Å²) in [5.41, 5.74) is -0.290. The van der Waals surface area contributed by atoms with Crippen LogP contribution in [0.25, 0.3) is 0 Å². The third-order valence-electron chi connectivity index (χ3n) is 3.67. The molecule has 1 aromatic rings. The van der Waals surface area contributed by atoms with Crippen LogP contribution in [0.15, 0.2) is 24.3 Å². The van der Waals surface area contributed by atoms with Gasteiger partial charge in [-0.2, -0.15) is 0 Å². The Labute approximate surface area is 127 Å². The highest BCUT2D eigenvalue weighted by Gasteiger charge is 2.32. The Hall–Kier alpha value is -1.31. The molecule has 1 saturated heterocycles. The largest absolute Gasteiger partial charge is 0.573 e. The summed E-state index contributed by atoms with van der Waals surface area (Å²) >= 11 is 0. The van der Waals surface area contributed by atoms with E-state index in [-0.39, 0.29) is 5.75 Å². The van der Waals surface area contributed by atoms with Gasteiger partial charge in [0.15, 0.2) is 0 Å². The van der Waals surface area contributed by atoms with Crippen molar-refractivity contribution in [2.75, 3.05) is 26.2 Å². The fraction of sp³-hybridized carbons (Fsp3) is 0.600. The molecule has 1 aliphatic heterocycles. The minimum Gasteiger partial charge on any atom is -0.406 e. The van der Waals surface area contributed by atoms with E-state index in [9.17, 15) is 18.3 Å². The maximum absolute atomic E-state index is 12.3. The van der Waals surface area contributed by atoms with Crippen LogP contribution < -0.4 is 15.4 Å². The molecule has 4 nitrogen and oxygen atoms in total. The molecular formula is C15H21F3N2O2. The second-order valence-electron chi connectivity index (χ2n) is 5.59. The van der Waals surface area contributed by atoms with Crippen LogP contribution >= 0.6 is 0 Å². The van der Waals surface area contributed by atoms with E-state index in [1.54, 1.807) is 12.1 Å². The predicted molar refractivity (Wildman–Crippen MR) is 76.8 cm³/mol. The summed E-state index contributed by atoms with van der Waals surface area (Å²) in [5.74, 6) is -0.171. The Morgan fingerprint density at radius 1 is 1.32 bits per heavy atom. The van der Waals surface area contributed by atoms with Crippen molar-refractivity contribution in [2.24, 2.45) is 0 Å². The van der Waals surface area contributed by atoms with Gasteiger partial charge in [0.25, 0.3) is 0 Å². The summed E-state index contributed by atoms with van der Waals surface area (Å²) in [4.78, 5) is 0. The number of ether oxygens (including phenoxy) is 1. The van der Waals surface area contributed by atoms with E-state index in [2.05, 4.69) is 15.4 Å². The highest BCUT2D eigenvalue weighted by atomic mass is 19.4. The van der Waals surface area contributed by atoms with Crippen molar-refractivity contribution in [3.05, 3.63) is 29.8 Å². The third-order valence-corrected chi connectivity index (χ3v) is 3.67. The van der Waals surface area contributed by atoms with Gasteiger partial charge in [-0.15, -0.1) is 13.2 Å². The summed E-state index contributed by atoms with van der Waals surface area (Å²) in [6, 6.07) is 6.10. The fourth-order valence-electron chi connectivity index (χ4n) is 2.58. The first kappa shape index (κ1) is 17.1. The number of β-amino-alcohol motifs (C(OH)–C–C–N with tert-alkyl or cyclic N) is 1. The number of para-hydroxylation sites is 1. The van der Waals surface area contributed by atoms with Crippen LogP contribution in [0.2, 0.25) is 0 Å². The Morgan fingerprint density at radius 2 is 2.09 bits per heavy atom. The van der Waals surface area contributed by atoms with Gasteiger partial charge in [0.1, 0.15) is 5.75 Å². The third kappa shape index (κ3) is 5.47. The minimum absolute atomic E-state index is 0.171. The molecule has 2 rings (SSSR count). The number of rotatable bonds is 6. The quantitative estimate of drug-likeness (QED) is 0.701. The number of benzene rings is 1. The van der Waals surface area contributed by atoms with Crippen LogP contribution in [0, 0.1) is 0 Å². The maximum atomic E-state index is 12.3. The van der Waals surface area contributed by atoms with Gasteiger partial charge in [0.05, 0.1) is 5.60 Å². The number of hydrogen-bond donors (Lipinski definition) is 3. The molecule has 0 spiro atoms. The molecule has 1 unspecified atom stereocenters. The van der Waals surface area contributed by atoms with E-state index in [1.165, 1.54) is 12.1 Å². The molecule has 0 aromatic heterocycles. The van der Waals surface area contributed by atoms with Crippen molar-refractivity contribution in [1.29, 1.82) is 0 Å². The lowest BCUT2D eigenvalue weighted by molar-refractivity contribution is -0.274. The molecule has 0 bridgehead atoms. The molecule has 22 heavy (non-hydrogen) atoms. The van der Waals surface area contributed by atoms with E-state index in [0.29, 0.717) is 31.6 Å². The first-order valence-electron chi connectivity index (χ1n) is 7.35. The summed E-state index contributed by atoms with van der Waals surface area (Å²) in [7, 11) is 0. The number of alkyl halides is 3. The number of piperidine rings is 1. The van der Waals surface area contributed by atoms with Crippen molar-refractivity contribution < 1.29 is 23.0 Å². The Balaban J connectivity index is 1.81. The monoisotopic (exact) mass is 318 g/mol. The van der Waals surface area contributed by atoms with E-state index in [1.807, 2.05) is 0 Å². The molecule has 1 aliphatic rings. The molecule has 3 N–H and O–H groups in total. The highest BCUT2D eigenvalue weighted by Crippen LogP contribution is 2.26. The van der Waals surface area contributed by atoms with Gasteiger partial charge in [-0.3, -0.25) is 0 Å². The Morgan fingerprint density at radius 3 is 2.77 bits per heavy atom. The summed E-state index contributed by atoms with van der Waals surface area (Å²) in [5, 5.41) is 16.5. The lowest BCUT2D eigenvalue weighted by atomic mass is 9.94. The van der Waals surface area contributed by atoms with Gasteiger partial charge >= 0.3 is 6.36 Å². The van der Waals surface area contributed by atoms with Gasteiger partial charge < -0.3 is 20.5 Å². The van der Waals surface area contributed by atoms with Crippen molar-refractivity contribution in [3.8, 4) is 5.75 Å². The van der Waals surface area contributed by atoms with E-state index in [0.717, 1.165) is 19.4 Å². The van der Waals surface area contributed by atoms with Crippen LogP contribution in [0.3, 0.4) is 0 Å². The van der Waals surface area contributed by atoms with Gasteiger partial charge in [0.2, 0.25) is 0 Å². The van der Waals surface area contributed by atoms with E-state index in [4.69, 9.17) is 0 Å². The Kier molecular flexibility index (Phi) is 5.66. The van der Waals surface area contributed by atoms with Crippen molar-refractivity contribution in [2.45, 2.75) is 31.2 Å². The SMILES string of the molecule is OC1(CNCCc2ccccc2OC(F)(F)F)CCCNC1. The van der Waals surface area contributed by atoms with Crippen molar-refractivity contribution >= 4 is 0 Å². The molecule has 0 amide bonds. The zero-order chi connectivity index (χ0) is 16.1. The average molecular weight is 318 g/mol. The van der Waals surface area contributed by atoms with Crippen LogP contribution in [-0.2, 0) is 6.42 Å². The number of halogens is 3. The molecular weight excluding hydrogens is 297 g/mol. The summed E-state index contributed by atoms with van der Waals surface area (Å²) < 4.78 is 41.0. The van der Waals surface area contributed by atoms with Gasteiger partial charge in [0, 0.05) is 13.1 Å². The van der Waals surface area contributed by atoms with Crippen molar-refractivity contribution in [1.82, 2.24) is 10.6 Å². The highest BCUT2D eigenvalue weighted by molar-refractivity contribution is 5.33. The first-order valence-corrected chi connectivity index (χ1v) is 7.35. The van der Waals surface area contributed by atoms with Crippen LogP contribution in [0.5, 0.6) is 5.75 Å². The minimum atomic E-state index is -4.69. The molecule has 1 atom stereocenters. The number of nitrogens with one attached hydrogen (secondary N) is 2. The van der Waals surface area contributed by atoms with Crippen LogP contribution in [0.1, 0.15) is 18.4 Å². The predicted octanol–water partition coefficient (Wildman–Crippen LogP) is 1.83. The maximum Gasteiger partial charge on any atom is 0.573 e. The average Bonchev–Trinajstić information content (AvgIpc) is 2.44. The van der Waals surface area contributed by atoms with E-state index >= 15 is 0 Å². The molecule has 1 heterocycles. The molecule has 0 aliphatic carbocycles. The van der Waals surface area contributed by atoms with E-state index < -0.39 is 12.0 Å².